The first-order chi connectivity index (χ1) is 12.1. The Morgan fingerprint density at radius 2 is 2.20 bits per heavy atom. The summed E-state index contributed by atoms with van der Waals surface area (Å²) in [4.78, 5) is 34.8. The van der Waals surface area contributed by atoms with E-state index in [1.807, 2.05) is 4.90 Å². The molecule has 1 aromatic rings. The number of aromatic nitrogens is 2. The zero-order chi connectivity index (χ0) is 17.8. The van der Waals surface area contributed by atoms with E-state index >= 15 is 0 Å². The van der Waals surface area contributed by atoms with Gasteiger partial charge in [0, 0.05) is 52.6 Å². The van der Waals surface area contributed by atoms with Gasteiger partial charge in [0.25, 0.3) is 0 Å². The number of aryl methyl sites for hydroxylation is 1. The fraction of sp³-hybridized carbons (Fsp3) is 0.647. The Labute approximate surface area is 147 Å². The summed E-state index contributed by atoms with van der Waals surface area (Å²) in [5.41, 5.74) is 0. The highest BCUT2D eigenvalue weighted by Crippen LogP contribution is 2.21. The predicted molar refractivity (Wildman–Crippen MR) is 90.4 cm³/mol. The van der Waals surface area contributed by atoms with Crippen LogP contribution in [0.4, 0.5) is 0 Å². The molecule has 2 aliphatic rings. The van der Waals surface area contributed by atoms with Crippen LogP contribution in [0.25, 0.3) is 0 Å². The summed E-state index contributed by atoms with van der Waals surface area (Å²) in [6.45, 7) is 10.2. The van der Waals surface area contributed by atoms with Crippen molar-refractivity contribution in [3.63, 3.8) is 0 Å². The number of hydrogen-bond donors (Lipinski definition) is 0. The van der Waals surface area contributed by atoms with E-state index in [1.54, 1.807) is 17.9 Å². The molecular formula is C17H25N5O3. The van der Waals surface area contributed by atoms with Crippen LogP contribution in [-0.4, -0.2) is 75.9 Å². The van der Waals surface area contributed by atoms with Crippen molar-refractivity contribution in [2.75, 3.05) is 39.3 Å². The fourth-order valence-electron chi connectivity index (χ4n) is 3.48. The number of likely N-dealkylation sites (tertiary alicyclic amines) is 1. The number of hydrogen-bond acceptors (Lipinski definition) is 6. The molecule has 1 unspecified atom stereocenters. The van der Waals surface area contributed by atoms with Gasteiger partial charge in [0.05, 0.1) is 12.5 Å². The minimum Gasteiger partial charge on any atom is -0.341 e. The van der Waals surface area contributed by atoms with Gasteiger partial charge in [-0.15, -0.1) is 6.58 Å². The molecule has 8 heteroatoms. The first-order valence-corrected chi connectivity index (χ1v) is 8.76. The van der Waals surface area contributed by atoms with Gasteiger partial charge in [0.15, 0.2) is 5.82 Å². The largest absolute Gasteiger partial charge is 0.341 e. The Balaban J connectivity index is 1.53. The van der Waals surface area contributed by atoms with Crippen LogP contribution >= 0.6 is 0 Å². The van der Waals surface area contributed by atoms with E-state index in [4.69, 9.17) is 4.52 Å². The van der Waals surface area contributed by atoms with Crippen molar-refractivity contribution >= 4 is 11.8 Å². The lowest BCUT2D eigenvalue weighted by molar-refractivity contribution is -0.135. The van der Waals surface area contributed by atoms with Crippen molar-refractivity contribution in [1.82, 2.24) is 24.8 Å². The molecule has 136 valence electrons. The van der Waals surface area contributed by atoms with Gasteiger partial charge >= 0.3 is 0 Å². The second-order valence-corrected chi connectivity index (χ2v) is 6.67. The first kappa shape index (κ1) is 17.6. The lowest BCUT2D eigenvalue weighted by Crippen LogP contribution is -2.40. The van der Waals surface area contributed by atoms with Gasteiger partial charge in [-0.2, -0.15) is 4.98 Å². The Morgan fingerprint density at radius 1 is 1.36 bits per heavy atom. The van der Waals surface area contributed by atoms with Crippen molar-refractivity contribution < 1.29 is 14.1 Å². The molecule has 2 aliphatic heterocycles. The van der Waals surface area contributed by atoms with E-state index in [2.05, 4.69) is 21.6 Å². The molecule has 0 bridgehead atoms. The number of carbonyl (C=O) groups excluding carboxylic acids is 2. The summed E-state index contributed by atoms with van der Waals surface area (Å²) < 4.78 is 5.01. The molecule has 0 spiro atoms. The first-order valence-electron chi connectivity index (χ1n) is 8.76. The molecule has 0 aromatic carbocycles. The highest BCUT2D eigenvalue weighted by molar-refractivity contribution is 5.89. The molecule has 1 atom stereocenters. The third-order valence-electron chi connectivity index (χ3n) is 4.75. The van der Waals surface area contributed by atoms with Crippen molar-refractivity contribution in [3.05, 3.63) is 24.4 Å². The zero-order valence-corrected chi connectivity index (χ0v) is 14.7. The standard InChI is InChI=1S/C17H25N5O3/c1-3-5-22-11-14(10-16(22)23)17(24)21-7-4-6-20(8-9-21)12-15-18-13(2)25-19-15/h3,14H,1,4-12H2,2H3. The van der Waals surface area contributed by atoms with Crippen LogP contribution < -0.4 is 0 Å². The maximum absolute atomic E-state index is 12.8. The summed E-state index contributed by atoms with van der Waals surface area (Å²) in [5.74, 6) is 1.16. The number of nitrogens with zero attached hydrogens (tertiary/aromatic N) is 5. The molecule has 3 heterocycles. The Bertz CT molecular complexity index is 644. The van der Waals surface area contributed by atoms with Gasteiger partial charge in [-0.1, -0.05) is 11.2 Å². The molecule has 25 heavy (non-hydrogen) atoms. The van der Waals surface area contributed by atoms with Crippen LogP contribution in [0, 0.1) is 12.8 Å². The van der Waals surface area contributed by atoms with Crippen molar-refractivity contribution in [3.8, 4) is 0 Å². The molecule has 2 saturated heterocycles. The normalized spacial score (nSPS) is 22.3. The minimum atomic E-state index is -0.223. The van der Waals surface area contributed by atoms with Crippen molar-refractivity contribution in [2.24, 2.45) is 5.92 Å². The Morgan fingerprint density at radius 3 is 2.92 bits per heavy atom. The zero-order valence-electron chi connectivity index (χ0n) is 14.7. The number of rotatable bonds is 5. The topological polar surface area (TPSA) is 82.8 Å². The van der Waals surface area contributed by atoms with Gasteiger partial charge < -0.3 is 14.3 Å². The van der Waals surface area contributed by atoms with Crippen LogP contribution in [0.15, 0.2) is 17.2 Å². The Kier molecular flexibility index (Phi) is 5.47. The van der Waals surface area contributed by atoms with Gasteiger partial charge in [0.1, 0.15) is 0 Å². The highest BCUT2D eigenvalue weighted by atomic mass is 16.5. The minimum absolute atomic E-state index is 0.0437. The second kappa shape index (κ2) is 7.77. The average molecular weight is 347 g/mol. The van der Waals surface area contributed by atoms with E-state index < -0.39 is 0 Å². The second-order valence-electron chi connectivity index (χ2n) is 6.67. The van der Waals surface area contributed by atoms with Gasteiger partial charge in [-0.05, 0) is 6.42 Å². The van der Waals surface area contributed by atoms with Gasteiger partial charge in [-0.3, -0.25) is 14.5 Å². The monoisotopic (exact) mass is 347 g/mol. The lowest BCUT2D eigenvalue weighted by Gasteiger charge is -2.24. The molecule has 2 amide bonds. The lowest BCUT2D eigenvalue weighted by atomic mass is 10.1. The van der Waals surface area contributed by atoms with Crippen molar-refractivity contribution in [1.29, 1.82) is 0 Å². The quantitative estimate of drug-likeness (QED) is 0.719. The van der Waals surface area contributed by atoms with E-state index in [9.17, 15) is 9.59 Å². The summed E-state index contributed by atoms with van der Waals surface area (Å²) in [6, 6.07) is 0. The summed E-state index contributed by atoms with van der Waals surface area (Å²) in [6.07, 6.45) is 2.92. The predicted octanol–water partition coefficient (Wildman–Crippen LogP) is 0.447. The van der Waals surface area contributed by atoms with Crippen molar-refractivity contribution in [2.45, 2.75) is 26.3 Å². The van der Waals surface area contributed by atoms with E-state index in [0.29, 0.717) is 44.3 Å². The summed E-state index contributed by atoms with van der Waals surface area (Å²) in [7, 11) is 0. The van der Waals surface area contributed by atoms with Gasteiger partial charge in [0.2, 0.25) is 17.7 Å². The van der Waals surface area contributed by atoms with Crippen LogP contribution in [0.5, 0.6) is 0 Å². The smallest absolute Gasteiger partial charge is 0.228 e. The maximum Gasteiger partial charge on any atom is 0.228 e. The Hall–Kier alpha value is -2.22. The van der Waals surface area contributed by atoms with E-state index in [1.165, 1.54) is 0 Å². The van der Waals surface area contributed by atoms with E-state index in [-0.39, 0.29) is 17.7 Å². The van der Waals surface area contributed by atoms with Gasteiger partial charge in [-0.25, -0.2) is 0 Å². The molecule has 0 saturated carbocycles. The number of carbonyl (C=O) groups is 2. The average Bonchev–Trinajstić information content (AvgIpc) is 3.07. The van der Waals surface area contributed by atoms with E-state index in [0.717, 1.165) is 26.1 Å². The molecule has 2 fully saturated rings. The van der Waals surface area contributed by atoms with Crippen LogP contribution in [-0.2, 0) is 16.1 Å². The third-order valence-corrected chi connectivity index (χ3v) is 4.75. The number of amides is 2. The summed E-state index contributed by atoms with van der Waals surface area (Å²) >= 11 is 0. The van der Waals surface area contributed by atoms with Crippen LogP contribution in [0.1, 0.15) is 24.6 Å². The molecule has 3 rings (SSSR count). The molecule has 0 radical (unpaired) electrons. The third kappa shape index (κ3) is 4.25. The van der Waals surface area contributed by atoms with Crippen LogP contribution in [0.3, 0.4) is 0 Å². The molecular weight excluding hydrogens is 322 g/mol. The molecule has 8 nitrogen and oxygen atoms in total. The molecule has 0 N–H and O–H groups in total. The molecule has 1 aromatic heterocycles. The highest BCUT2D eigenvalue weighted by Gasteiger charge is 2.36. The van der Waals surface area contributed by atoms with Crippen LogP contribution in [0.2, 0.25) is 0 Å². The fourth-order valence-corrected chi connectivity index (χ4v) is 3.48. The summed E-state index contributed by atoms with van der Waals surface area (Å²) in [5, 5.41) is 3.93. The maximum atomic E-state index is 12.8. The SMILES string of the molecule is C=CCN1CC(C(=O)N2CCCN(Cc3noc(C)n3)CC2)CC1=O. The molecule has 0 aliphatic carbocycles.